The largest absolute Gasteiger partial charge is 0.355 e. The summed E-state index contributed by atoms with van der Waals surface area (Å²) >= 11 is 0. The Kier molecular flexibility index (Phi) is 1.74. The summed E-state index contributed by atoms with van der Waals surface area (Å²) in [5, 5.41) is 6.66. The minimum atomic E-state index is 0.535. The maximum absolute atomic E-state index is 4.31. The van der Waals surface area contributed by atoms with Crippen LogP contribution in [0.3, 0.4) is 0 Å². The summed E-state index contributed by atoms with van der Waals surface area (Å²) in [4.78, 5) is 4.31. The fraction of sp³-hybridized carbons (Fsp3) is 0.889. The van der Waals surface area contributed by atoms with Gasteiger partial charge in [0.15, 0.2) is 5.96 Å². The van der Waals surface area contributed by atoms with Gasteiger partial charge in [0.05, 0.1) is 6.54 Å². The Morgan fingerprint density at radius 2 is 2.58 bits per heavy atom. The van der Waals surface area contributed by atoms with Crippen molar-refractivity contribution in [1.82, 2.24) is 10.6 Å². The van der Waals surface area contributed by atoms with Crippen molar-refractivity contribution in [2.24, 2.45) is 10.4 Å². The normalized spacial score (nSPS) is 38.8. The minimum Gasteiger partial charge on any atom is -0.355 e. The van der Waals surface area contributed by atoms with Gasteiger partial charge in [0, 0.05) is 12.6 Å². The molecule has 2 rings (SSSR count). The van der Waals surface area contributed by atoms with E-state index in [9.17, 15) is 0 Å². The zero-order valence-corrected chi connectivity index (χ0v) is 7.85. The summed E-state index contributed by atoms with van der Waals surface area (Å²) in [6.45, 7) is 6.52. The van der Waals surface area contributed by atoms with Crippen LogP contribution in [0.4, 0.5) is 0 Å². The summed E-state index contributed by atoms with van der Waals surface area (Å²) in [5.41, 5.74) is 0.535. The quantitative estimate of drug-likeness (QED) is 0.636. The summed E-state index contributed by atoms with van der Waals surface area (Å²) in [5.74, 6) is 1.01. The molecule has 1 aliphatic heterocycles. The molecule has 2 atom stereocenters. The molecular weight excluding hydrogens is 150 g/mol. The molecule has 1 aliphatic carbocycles. The number of rotatable bonds is 2. The molecule has 0 bridgehead atoms. The number of aliphatic imine (C=N–C) groups is 1. The number of hydrogen-bond donors (Lipinski definition) is 2. The van der Waals surface area contributed by atoms with Crippen LogP contribution < -0.4 is 10.6 Å². The van der Waals surface area contributed by atoms with Crippen LogP contribution in [-0.2, 0) is 0 Å². The third kappa shape index (κ3) is 1.28. The molecule has 1 fully saturated rings. The van der Waals surface area contributed by atoms with E-state index in [0.29, 0.717) is 11.5 Å². The van der Waals surface area contributed by atoms with Crippen LogP contribution in [0, 0.1) is 5.41 Å². The minimum absolute atomic E-state index is 0.535. The molecule has 3 nitrogen and oxygen atoms in total. The van der Waals surface area contributed by atoms with Crippen molar-refractivity contribution < 1.29 is 0 Å². The van der Waals surface area contributed by atoms with Crippen molar-refractivity contribution >= 4 is 5.96 Å². The van der Waals surface area contributed by atoms with Crippen LogP contribution in [0.25, 0.3) is 0 Å². The monoisotopic (exact) mass is 167 g/mol. The fourth-order valence-electron chi connectivity index (χ4n) is 1.68. The average molecular weight is 167 g/mol. The maximum Gasteiger partial charge on any atom is 0.191 e. The number of nitrogens with one attached hydrogen (secondary N) is 2. The lowest BCUT2D eigenvalue weighted by molar-refractivity contribution is 0.510. The van der Waals surface area contributed by atoms with Gasteiger partial charge in [-0.3, -0.25) is 4.99 Å². The van der Waals surface area contributed by atoms with Gasteiger partial charge in [-0.25, -0.2) is 0 Å². The van der Waals surface area contributed by atoms with Gasteiger partial charge >= 0.3 is 0 Å². The predicted molar refractivity (Wildman–Crippen MR) is 50.2 cm³/mol. The zero-order valence-electron chi connectivity index (χ0n) is 7.85. The van der Waals surface area contributed by atoms with E-state index in [2.05, 4.69) is 29.5 Å². The fourth-order valence-corrected chi connectivity index (χ4v) is 1.68. The van der Waals surface area contributed by atoms with E-state index >= 15 is 0 Å². The molecule has 12 heavy (non-hydrogen) atoms. The molecule has 0 aromatic carbocycles. The van der Waals surface area contributed by atoms with E-state index in [-0.39, 0.29) is 0 Å². The van der Waals surface area contributed by atoms with Crippen LogP contribution in [0.1, 0.15) is 26.7 Å². The number of hydrogen-bond acceptors (Lipinski definition) is 3. The Bertz CT molecular complexity index is 212. The van der Waals surface area contributed by atoms with Crippen molar-refractivity contribution in [3.63, 3.8) is 0 Å². The molecule has 2 unspecified atom stereocenters. The molecular formula is C9H17N3. The molecule has 0 amide bonds. The van der Waals surface area contributed by atoms with Gasteiger partial charge in [-0.2, -0.15) is 0 Å². The molecule has 0 aromatic rings. The Morgan fingerprint density at radius 3 is 3.08 bits per heavy atom. The summed E-state index contributed by atoms with van der Waals surface area (Å²) in [6.07, 6.45) is 2.56. The molecule has 2 aliphatic rings. The van der Waals surface area contributed by atoms with Crippen LogP contribution >= 0.6 is 0 Å². The third-order valence-corrected chi connectivity index (χ3v) is 3.14. The summed E-state index contributed by atoms with van der Waals surface area (Å²) in [6, 6.07) is 0.659. The molecule has 0 saturated heterocycles. The topological polar surface area (TPSA) is 36.4 Å². The van der Waals surface area contributed by atoms with E-state index in [1.807, 2.05) is 0 Å². The van der Waals surface area contributed by atoms with Gasteiger partial charge in [-0.15, -0.1) is 0 Å². The first kappa shape index (κ1) is 7.90. The molecule has 68 valence electrons. The Balaban J connectivity index is 1.83. The van der Waals surface area contributed by atoms with Crippen LogP contribution in [-0.4, -0.2) is 25.1 Å². The van der Waals surface area contributed by atoms with E-state index < -0.39 is 0 Å². The van der Waals surface area contributed by atoms with E-state index in [0.717, 1.165) is 19.0 Å². The number of nitrogens with zero attached hydrogens (tertiary/aromatic N) is 1. The molecule has 2 N–H and O–H groups in total. The standard InChI is InChI=1S/C9H17N3/c1-3-9(2)6-7(9)12-8-10-4-5-11-8/h7H,3-6H2,1-2H3,(H2,10,11,12). The molecule has 0 aromatic heterocycles. The predicted octanol–water partition coefficient (Wildman–Crippen LogP) is 0.724. The van der Waals surface area contributed by atoms with Crippen molar-refractivity contribution in [2.45, 2.75) is 32.7 Å². The lowest BCUT2D eigenvalue weighted by atomic mass is 10.1. The van der Waals surface area contributed by atoms with E-state index in [1.165, 1.54) is 12.8 Å². The third-order valence-electron chi connectivity index (χ3n) is 3.14. The first-order chi connectivity index (χ1) is 5.74. The highest BCUT2D eigenvalue weighted by molar-refractivity contribution is 5.81. The van der Waals surface area contributed by atoms with Gasteiger partial charge in [-0.05, 0) is 18.3 Å². The smallest absolute Gasteiger partial charge is 0.191 e. The highest BCUT2D eigenvalue weighted by atomic mass is 15.2. The van der Waals surface area contributed by atoms with Gasteiger partial charge in [0.2, 0.25) is 0 Å². The van der Waals surface area contributed by atoms with Gasteiger partial charge < -0.3 is 10.6 Å². The molecule has 0 radical (unpaired) electrons. The van der Waals surface area contributed by atoms with Gasteiger partial charge in [0.1, 0.15) is 0 Å². The van der Waals surface area contributed by atoms with Crippen LogP contribution in [0.2, 0.25) is 0 Å². The van der Waals surface area contributed by atoms with Gasteiger partial charge in [0.25, 0.3) is 0 Å². The maximum atomic E-state index is 4.31. The van der Waals surface area contributed by atoms with Crippen molar-refractivity contribution in [1.29, 1.82) is 0 Å². The van der Waals surface area contributed by atoms with Crippen molar-refractivity contribution in [3.8, 4) is 0 Å². The first-order valence-electron chi connectivity index (χ1n) is 4.79. The van der Waals surface area contributed by atoms with E-state index in [4.69, 9.17) is 0 Å². The molecule has 1 heterocycles. The summed E-state index contributed by atoms with van der Waals surface area (Å²) < 4.78 is 0. The molecule has 3 heteroatoms. The SMILES string of the molecule is CCC1(C)CC1NC1=NCCN1. The lowest BCUT2D eigenvalue weighted by Crippen LogP contribution is -2.37. The van der Waals surface area contributed by atoms with Crippen molar-refractivity contribution in [2.75, 3.05) is 13.1 Å². The second-order valence-electron chi connectivity index (χ2n) is 4.07. The van der Waals surface area contributed by atoms with Gasteiger partial charge in [-0.1, -0.05) is 13.8 Å². The highest BCUT2D eigenvalue weighted by Crippen LogP contribution is 2.48. The molecule has 1 saturated carbocycles. The second-order valence-corrected chi connectivity index (χ2v) is 4.07. The summed E-state index contributed by atoms with van der Waals surface area (Å²) in [7, 11) is 0. The Hall–Kier alpha value is -0.730. The lowest BCUT2D eigenvalue weighted by Gasteiger charge is -2.09. The first-order valence-corrected chi connectivity index (χ1v) is 4.79. The Labute approximate surface area is 73.6 Å². The zero-order chi connectivity index (χ0) is 8.60. The second kappa shape index (κ2) is 2.64. The number of guanidine groups is 1. The van der Waals surface area contributed by atoms with Crippen molar-refractivity contribution in [3.05, 3.63) is 0 Å². The highest BCUT2D eigenvalue weighted by Gasteiger charge is 2.48. The van der Waals surface area contributed by atoms with Crippen LogP contribution in [0.5, 0.6) is 0 Å². The van der Waals surface area contributed by atoms with E-state index in [1.54, 1.807) is 0 Å². The van der Waals surface area contributed by atoms with Crippen LogP contribution in [0.15, 0.2) is 4.99 Å². The Morgan fingerprint density at radius 1 is 1.75 bits per heavy atom. The average Bonchev–Trinajstić information content (AvgIpc) is 2.52. The molecule has 0 spiro atoms.